The van der Waals surface area contributed by atoms with Gasteiger partial charge in [-0.05, 0) is 60.9 Å². The van der Waals surface area contributed by atoms with E-state index in [1.165, 1.54) is 24.0 Å². The van der Waals surface area contributed by atoms with Crippen molar-refractivity contribution < 1.29 is 19.1 Å². The monoisotopic (exact) mass is 380 g/mol. The summed E-state index contributed by atoms with van der Waals surface area (Å²) in [7, 11) is 0. The van der Waals surface area contributed by atoms with E-state index in [-0.39, 0.29) is 12.8 Å². The number of amides is 2. The van der Waals surface area contributed by atoms with Gasteiger partial charge in [-0.1, -0.05) is 25.1 Å². The highest BCUT2D eigenvalue weighted by Crippen LogP contribution is 2.34. The number of carbonyl (C=O) groups excluding carboxylic acids is 2. The lowest BCUT2D eigenvalue weighted by Crippen LogP contribution is -2.37. The van der Waals surface area contributed by atoms with Crippen LogP contribution in [0.2, 0.25) is 0 Å². The summed E-state index contributed by atoms with van der Waals surface area (Å²) in [6, 6.07) is 11.2. The Morgan fingerprint density at radius 2 is 1.75 bits per heavy atom. The van der Waals surface area contributed by atoms with Gasteiger partial charge in [-0.2, -0.15) is 0 Å². The van der Waals surface area contributed by atoms with Crippen LogP contribution in [0.1, 0.15) is 48.9 Å². The third-order valence-electron chi connectivity index (χ3n) is 5.33. The largest absolute Gasteiger partial charge is 0.454 e. The average molecular weight is 380 g/mol. The Labute approximate surface area is 164 Å². The molecule has 146 valence electrons. The molecule has 0 saturated heterocycles. The zero-order valence-corrected chi connectivity index (χ0v) is 15.9. The normalized spacial score (nSPS) is 15.5. The van der Waals surface area contributed by atoms with E-state index in [4.69, 9.17) is 9.47 Å². The number of aryl methyl sites for hydroxylation is 2. The fourth-order valence-corrected chi connectivity index (χ4v) is 3.78. The second kappa shape index (κ2) is 7.92. The zero-order valence-electron chi connectivity index (χ0n) is 15.9. The Morgan fingerprint density at radius 1 is 0.964 bits per heavy atom. The molecule has 4 rings (SSSR count). The number of carbonyl (C=O) groups is 2. The third-order valence-corrected chi connectivity index (χ3v) is 5.33. The summed E-state index contributed by atoms with van der Waals surface area (Å²) >= 11 is 0. The molecule has 1 aliphatic carbocycles. The maximum absolute atomic E-state index is 12.4. The number of hydrogen-bond acceptors (Lipinski definition) is 4. The fourth-order valence-electron chi connectivity index (χ4n) is 3.78. The molecule has 0 saturated carbocycles. The van der Waals surface area contributed by atoms with Crippen molar-refractivity contribution in [2.75, 3.05) is 12.1 Å². The van der Waals surface area contributed by atoms with Gasteiger partial charge in [-0.25, -0.2) is 0 Å². The first-order chi connectivity index (χ1) is 13.6. The summed E-state index contributed by atoms with van der Waals surface area (Å²) in [4.78, 5) is 24.8. The van der Waals surface area contributed by atoms with Gasteiger partial charge in [0.1, 0.15) is 0 Å². The lowest BCUT2D eigenvalue weighted by atomic mass is 9.89. The molecule has 1 atom stereocenters. The van der Waals surface area contributed by atoms with Gasteiger partial charge in [0, 0.05) is 11.8 Å². The van der Waals surface area contributed by atoms with Crippen molar-refractivity contribution in [3.05, 3.63) is 53.1 Å². The summed E-state index contributed by atoms with van der Waals surface area (Å²) < 4.78 is 10.5. The zero-order chi connectivity index (χ0) is 19.5. The highest BCUT2D eigenvalue weighted by Gasteiger charge is 2.21. The first-order valence-electron chi connectivity index (χ1n) is 9.77. The fraction of sp³-hybridized carbons (Fsp3) is 0.364. The molecule has 28 heavy (non-hydrogen) atoms. The van der Waals surface area contributed by atoms with Crippen LogP contribution in [0.4, 0.5) is 5.69 Å². The second-order valence-electron chi connectivity index (χ2n) is 7.19. The smallest absolute Gasteiger partial charge is 0.313 e. The Kier molecular flexibility index (Phi) is 5.19. The molecule has 0 fully saturated rings. The molecule has 1 unspecified atom stereocenters. The molecule has 0 spiro atoms. The Morgan fingerprint density at radius 3 is 2.57 bits per heavy atom. The van der Waals surface area contributed by atoms with Crippen LogP contribution >= 0.6 is 0 Å². The molecule has 6 heteroatoms. The van der Waals surface area contributed by atoms with Crippen molar-refractivity contribution in [2.45, 2.75) is 45.1 Å². The van der Waals surface area contributed by atoms with Gasteiger partial charge in [-0.3, -0.25) is 9.59 Å². The highest BCUT2D eigenvalue weighted by atomic mass is 16.7. The van der Waals surface area contributed by atoms with Crippen molar-refractivity contribution in [3.8, 4) is 11.5 Å². The van der Waals surface area contributed by atoms with Gasteiger partial charge in [0.05, 0.1) is 6.04 Å². The topological polar surface area (TPSA) is 76.7 Å². The summed E-state index contributed by atoms with van der Waals surface area (Å²) in [6.45, 7) is 2.16. The number of anilines is 1. The van der Waals surface area contributed by atoms with E-state index >= 15 is 0 Å². The van der Waals surface area contributed by atoms with Gasteiger partial charge in [0.25, 0.3) is 0 Å². The van der Waals surface area contributed by atoms with Crippen molar-refractivity contribution in [2.24, 2.45) is 0 Å². The number of rotatable bonds is 4. The van der Waals surface area contributed by atoms with Gasteiger partial charge in [-0.15, -0.1) is 0 Å². The van der Waals surface area contributed by atoms with Crippen LogP contribution < -0.4 is 20.1 Å². The SMILES string of the molecule is CCC(NC(=O)C(=O)Nc1ccc2c(c1)OCO2)c1ccc2c(c1)CCCC2. The molecule has 2 aromatic rings. The predicted octanol–water partition coefficient (Wildman–Crippen LogP) is 3.50. The van der Waals surface area contributed by atoms with E-state index in [9.17, 15) is 9.59 Å². The molecule has 1 heterocycles. The Hall–Kier alpha value is -3.02. The number of nitrogens with one attached hydrogen (secondary N) is 2. The van der Waals surface area contributed by atoms with E-state index < -0.39 is 11.8 Å². The third kappa shape index (κ3) is 3.81. The Bertz CT molecular complexity index is 909. The van der Waals surface area contributed by atoms with Crippen LogP contribution in [0, 0.1) is 0 Å². The lowest BCUT2D eigenvalue weighted by Gasteiger charge is -2.21. The lowest BCUT2D eigenvalue weighted by molar-refractivity contribution is -0.136. The van der Waals surface area contributed by atoms with E-state index in [0.29, 0.717) is 23.6 Å². The molecule has 2 aromatic carbocycles. The number of benzene rings is 2. The van der Waals surface area contributed by atoms with Crippen LogP contribution in [-0.4, -0.2) is 18.6 Å². The van der Waals surface area contributed by atoms with Crippen molar-refractivity contribution in [3.63, 3.8) is 0 Å². The molecule has 2 amide bonds. The summed E-state index contributed by atoms with van der Waals surface area (Å²) in [6.07, 6.45) is 5.36. The summed E-state index contributed by atoms with van der Waals surface area (Å²) in [5, 5.41) is 5.47. The number of fused-ring (bicyclic) bond motifs is 2. The predicted molar refractivity (Wildman–Crippen MR) is 105 cm³/mol. The number of ether oxygens (including phenoxy) is 2. The molecule has 2 N–H and O–H groups in total. The molecule has 0 aromatic heterocycles. The van der Waals surface area contributed by atoms with Crippen molar-refractivity contribution >= 4 is 17.5 Å². The first-order valence-corrected chi connectivity index (χ1v) is 9.77. The summed E-state index contributed by atoms with van der Waals surface area (Å²) in [5.41, 5.74) is 4.30. The minimum Gasteiger partial charge on any atom is -0.454 e. The van der Waals surface area contributed by atoms with Gasteiger partial charge < -0.3 is 20.1 Å². The van der Waals surface area contributed by atoms with Crippen LogP contribution in [0.5, 0.6) is 11.5 Å². The van der Waals surface area contributed by atoms with Gasteiger partial charge in [0.15, 0.2) is 11.5 Å². The molecule has 0 radical (unpaired) electrons. The second-order valence-corrected chi connectivity index (χ2v) is 7.19. The average Bonchev–Trinajstić information content (AvgIpc) is 3.19. The maximum atomic E-state index is 12.4. The van der Waals surface area contributed by atoms with Gasteiger partial charge >= 0.3 is 11.8 Å². The number of hydrogen-bond donors (Lipinski definition) is 2. The van der Waals surface area contributed by atoms with Crippen LogP contribution in [0.25, 0.3) is 0 Å². The van der Waals surface area contributed by atoms with Crippen molar-refractivity contribution in [1.82, 2.24) is 5.32 Å². The highest BCUT2D eigenvalue weighted by molar-refractivity contribution is 6.39. The van der Waals surface area contributed by atoms with E-state index in [1.54, 1.807) is 18.2 Å². The maximum Gasteiger partial charge on any atom is 0.313 e. The molecule has 1 aliphatic heterocycles. The molecular weight excluding hydrogens is 356 g/mol. The minimum atomic E-state index is -0.699. The minimum absolute atomic E-state index is 0.159. The van der Waals surface area contributed by atoms with Crippen molar-refractivity contribution in [1.29, 1.82) is 0 Å². The molecule has 6 nitrogen and oxygen atoms in total. The quantitative estimate of drug-likeness (QED) is 0.796. The first kappa shape index (κ1) is 18.3. The van der Waals surface area contributed by atoms with Crippen LogP contribution in [0.3, 0.4) is 0 Å². The van der Waals surface area contributed by atoms with Crippen LogP contribution in [-0.2, 0) is 22.4 Å². The summed E-state index contributed by atoms with van der Waals surface area (Å²) in [5.74, 6) is -0.169. The Balaban J connectivity index is 1.41. The van der Waals surface area contributed by atoms with Crippen LogP contribution in [0.15, 0.2) is 36.4 Å². The van der Waals surface area contributed by atoms with Gasteiger partial charge in [0.2, 0.25) is 6.79 Å². The molecule has 2 aliphatic rings. The van der Waals surface area contributed by atoms with E-state index in [0.717, 1.165) is 18.4 Å². The standard InChI is InChI=1S/C22H24N2O4/c1-2-18(16-8-7-14-5-3-4-6-15(14)11-16)24-22(26)21(25)23-17-9-10-19-20(12-17)28-13-27-19/h7-12,18H,2-6,13H2,1H3,(H,23,25)(H,24,26). The molecular formula is C22H24N2O4. The van der Waals surface area contributed by atoms with E-state index in [2.05, 4.69) is 28.8 Å². The molecule has 0 bridgehead atoms. The van der Waals surface area contributed by atoms with E-state index in [1.807, 2.05) is 6.92 Å².